The van der Waals surface area contributed by atoms with Crippen LogP contribution in [0.25, 0.3) is 0 Å². The van der Waals surface area contributed by atoms with Crippen molar-refractivity contribution in [3.63, 3.8) is 0 Å². The van der Waals surface area contributed by atoms with Crippen molar-refractivity contribution in [3.8, 4) is 5.88 Å². The molecule has 0 spiro atoms. The average molecular weight is 317 g/mol. The highest BCUT2D eigenvalue weighted by Gasteiger charge is 2.31. The van der Waals surface area contributed by atoms with Crippen molar-refractivity contribution in [1.82, 2.24) is 14.9 Å². The van der Waals surface area contributed by atoms with Crippen LogP contribution in [0, 0.1) is 0 Å². The van der Waals surface area contributed by atoms with Gasteiger partial charge in [-0.25, -0.2) is 9.97 Å². The highest BCUT2D eigenvalue weighted by molar-refractivity contribution is 7.09. The van der Waals surface area contributed by atoms with E-state index in [-0.39, 0.29) is 11.9 Å². The van der Waals surface area contributed by atoms with E-state index in [0.717, 1.165) is 30.8 Å². The van der Waals surface area contributed by atoms with Gasteiger partial charge < -0.3 is 9.64 Å². The minimum atomic E-state index is -0.0172. The van der Waals surface area contributed by atoms with Gasteiger partial charge >= 0.3 is 0 Å². The molecule has 0 N–H and O–H groups in total. The minimum Gasteiger partial charge on any atom is -0.477 e. The highest BCUT2D eigenvalue weighted by Crippen LogP contribution is 2.34. The Morgan fingerprint density at radius 2 is 2.32 bits per heavy atom. The summed E-state index contributed by atoms with van der Waals surface area (Å²) < 4.78 is 5.50. The predicted octanol–water partition coefficient (Wildman–Crippen LogP) is 3.30. The first-order valence-electron chi connectivity index (χ1n) is 7.59. The number of thiazole rings is 1. The Labute approximate surface area is 134 Å². The van der Waals surface area contributed by atoms with Gasteiger partial charge in [0.05, 0.1) is 12.6 Å². The Morgan fingerprint density at radius 1 is 1.41 bits per heavy atom. The van der Waals surface area contributed by atoms with Crippen molar-refractivity contribution >= 4 is 17.2 Å². The molecule has 5 nitrogen and oxygen atoms in total. The van der Waals surface area contributed by atoms with Crippen LogP contribution in [0.2, 0.25) is 0 Å². The van der Waals surface area contributed by atoms with Crippen LogP contribution in [0.1, 0.15) is 47.6 Å². The number of aromatic nitrogens is 2. The molecular formula is C16H19N3O2S. The number of amides is 1. The van der Waals surface area contributed by atoms with Crippen LogP contribution >= 0.6 is 11.3 Å². The number of ether oxygens (including phenoxy) is 1. The molecular weight excluding hydrogens is 298 g/mol. The third-order valence-electron chi connectivity index (χ3n) is 3.78. The Bertz CT molecular complexity index is 630. The zero-order chi connectivity index (χ0) is 15.4. The molecule has 1 aliphatic heterocycles. The number of nitrogens with zero attached hydrogens (tertiary/aromatic N) is 3. The molecule has 0 aliphatic carbocycles. The third-order valence-corrected chi connectivity index (χ3v) is 4.66. The zero-order valence-electron chi connectivity index (χ0n) is 12.6. The van der Waals surface area contributed by atoms with Gasteiger partial charge in [0.1, 0.15) is 10.6 Å². The number of hydrogen-bond donors (Lipinski definition) is 0. The molecule has 116 valence electrons. The molecule has 1 atom stereocenters. The van der Waals surface area contributed by atoms with Gasteiger partial charge in [-0.3, -0.25) is 4.79 Å². The first-order valence-corrected chi connectivity index (χ1v) is 8.47. The lowest BCUT2D eigenvalue weighted by molar-refractivity contribution is 0.0606. The van der Waals surface area contributed by atoms with Crippen molar-refractivity contribution in [1.29, 1.82) is 0 Å². The van der Waals surface area contributed by atoms with Crippen molar-refractivity contribution < 1.29 is 9.53 Å². The lowest BCUT2D eigenvalue weighted by Gasteiger charge is -2.34. The maximum Gasteiger partial charge on any atom is 0.259 e. The average Bonchev–Trinajstić information content (AvgIpc) is 3.09. The summed E-state index contributed by atoms with van der Waals surface area (Å²) >= 11 is 1.61. The first-order chi connectivity index (χ1) is 10.8. The molecule has 1 unspecified atom stereocenters. The summed E-state index contributed by atoms with van der Waals surface area (Å²) in [6.45, 7) is 3.14. The van der Waals surface area contributed by atoms with Crippen LogP contribution in [0.4, 0.5) is 0 Å². The van der Waals surface area contributed by atoms with Gasteiger partial charge in [-0.05, 0) is 38.3 Å². The summed E-state index contributed by atoms with van der Waals surface area (Å²) in [5.74, 6) is 0.398. The summed E-state index contributed by atoms with van der Waals surface area (Å²) in [6, 6.07) is 3.63. The molecule has 1 aliphatic rings. The van der Waals surface area contributed by atoms with Gasteiger partial charge in [-0.1, -0.05) is 0 Å². The molecule has 1 fully saturated rings. The SMILES string of the molecule is CCOc1ncccc1C(=O)N1CCCCC1c1nccs1. The highest BCUT2D eigenvalue weighted by atomic mass is 32.1. The number of hydrogen-bond acceptors (Lipinski definition) is 5. The minimum absolute atomic E-state index is 0.0172. The Balaban J connectivity index is 1.89. The quantitative estimate of drug-likeness (QED) is 0.868. The van der Waals surface area contributed by atoms with Gasteiger partial charge in [0.15, 0.2) is 0 Å². The van der Waals surface area contributed by atoms with E-state index in [9.17, 15) is 4.79 Å². The summed E-state index contributed by atoms with van der Waals surface area (Å²) in [7, 11) is 0. The second kappa shape index (κ2) is 6.87. The fourth-order valence-corrected chi connectivity index (χ4v) is 3.58. The number of piperidine rings is 1. The maximum atomic E-state index is 13.0. The van der Waals surface area contributed by atoms with E-state index in [1.165, 1.54) is 0 Å². The lowest BCUT2D eigenvalue weighted by atomic mass is 10.0. The lowest BCUT2D eigenvalue weighted by Crippen LogP contribution is -2.38. The Morgan fingerprint density at radius 3 is 3.09 bits per heavy atom. The van der Waals surface area contributed by atoms with E-state index in [0.29, 0.717) is 18.1 Å². The monoisotopic (exact) mass is 317 g/mol. The number of carbonyl (C=O) groups is 1. The van der Waals surface area contributed by atoms with Crippen LogP contribution in [0.15, 0.2) is 29.9 Å². The van der Waals surface area contributed by atoms with E-state index in [1.807, 2.05) is 17.2 Å². The third kappa shape index (κ3) is 2.97. The van der Waals surface area contributed by atoms with Gasteiger partial charge in [-0.2, -0.15) is 0 Å². The van der Waals surface area contributed by atoms with Crippen LogP contribution in [-0.2, 0) is 0 Å². The number of rotatable bonds is 4. The maximum absolute atomic E-state index is 13.0. The fraction of sp³-hybridized carbons (Fsp3) is 0.438. The molecule has 3 heterocycles. The molecule has 0 radical (unpaired) electrons. The normalized spacial score (nSPS) is 18.2. The first kappa shape index (κ1) is 15.0. The van der Waals surface area contributed by atoms with Gasteiger partial charge in [-0.15, -0.1) is 11.3 Å². The predicted molar refractivity (Wildman–Crippen MR) is 85.1 cm³/mol. The van der Waals surface area contributed by atoms with Gasteiger partial charge in [0, 0.05) is 24.3 Å². The van der Waals surface area contributed by atoms with Crippen molar-refractivity contribution in [3.05, 3.63) is 40.5 Å². The van der Waals surface area contributed by atoms with Gasteiger partial charge in [0.2, 0.25) is 5.88 Å². The van der Waals surface area contributed by atoms with Gasteiger partial charge in [0.25, 0.3) is 5.91 Å². The summed E-state index contributed by atoms with van der Waals surface area (Å²) in [4.78, 5) is 23.5. The summed E-state index contributed by atoms with van der Waals surface area (Å²) in [5.41, 5.74) is 0.535. The molecule has 2 aromatic rings. The second-order valence-electron chi connectivity index (χ2n) is 5.17. The summed E-state index contributed by atoms with van der Waals surface area (Å²) in [6.07, 6.45) is 6.56. The van der Waals surface area contributed by atoms with E-state index in [1.54, 1.807) is 35.9 Å². The molecule has 6 heteroatoms. The van der Waals surface area contributed by atoms with E-state index >= 15 is 0 Å². The largest absolute Gasteiger partial charge is 0.477 e. The van der Waals surface area contributed by atoms with Crippen molar-refractivity contribution in [2.75, 3.05) is 13.2 Å². The van der Waals surface area contributed by atoms with E-state index in [4.69, 9.17) is 4.74 Å². The number of pyridine rings is 1. The van der Waals surface area contributed by atoms with Crippen LogP contribution < -0.4 is 4.74 Å². The number of carbonyl (C=O) groups excluding carboxylic acids is 1. The number of likely N-dealkylation sites (tertiary alicyclic amines) is 1. The van der Waals surface area contributed by atoms with Crippen LogP contribution in [0.5, 0.6) is 5.88 Å². The second-order valence-corrected chi connectivity index (χ2v) is 6.10. The molecule has 22 heavy (non-hydrogen) atoms. The standard InChI is InChI=1S/C16H19N3O2S/c1-2-21-14-12(6-5-8-17-14)16(20)19-10-4-3-7-13(19)15-18-9-11-22-15/h5-6,8-9,11,13H,2-4,7,10H2,1H3. The van der Waals surface area contributed by atoms with E-state index in [2.05, 4.69) is 9.97 Å². The molecule has 2 aromatic heterocycles. The Hall–Kier alpha value is -1.95. The molecule has 0 bridgehead atoms. The Kier molecular flexibility index (Phi) is 4.68. The van der Waals surface area contributed by atoms with Crippen LogP contribution in [0.3, 0.4) is 0 Å². The smallest absolute Gasteiger partial charge is 0.259 e. The molecule has 1 amide bonds. The molecule has 3 rings (SSSR count). The topological polar surface area (TPSA) is 55.3 Å². The molecule has 1 saturated heterocycles. The van der Waals surface area contributed by atoms with Crippen molar-refractivity contribution in [2.45, 2.75) is 32.2 Å². The molecule has 0 aromatic carbocycles. The van der Waals surface area contributed by atoms with E-state index < -0.39 is 0 Å². The zero-order valence-corrected chi connectivity index (χ0v) is 13.4. The van der Waals surface area contributed by atoms with Crippen molar-refractivity contribution in [2.24, 2.45) is 0 Å². The molecule has 0 saturated carbocycles. The van der Waals surface area contributed by atoms with Crippen LogP contribution in [-0.4, -0.2) is 33.9 Å². The fourth-order valence-electron chi connectivity index (χ4n) is 2.79. The summed E-state index contributed by atoms with van der Waals surface area (Å²) in [5, 5.41) is 2.97.